The zero-order valence-electron chi connectivity index (χ0n) is 16.7. The number of nitrogens with one attached hydrogen (secondary N) is 2. The van der Waals surface area contributed by atoms with Gasteiger partial charge in [-0.25, -0.2) is 9.98 Å². The van der Waals surface area contributed by atoms with Crippen molar-refractivity contribution < 1.29 is 9.47 Å². The van der Waals surface area contributed by atoms with E-state index in [1.165, 1.54) is 0 Å². The average Bonchev–Trinajstić information content (AvgIpc) is 2.71. The van der Waals surface area contributed by atoms with Crippen molar-refractivity contribution in [1.82, 2.24) is 15.6 Å². The van der Waals surface area contributed by atoms with Gasteiger partial charge in [-0.1, -0.05) is 30.3 Å². The van der Waals surface area contributed by atoms with Crippen molar-refractivity contribution in [3.8, 4) is 5.88 Å². The number of guanidine groups is 1. The molecule has 1 heterocycles. The van der Waals surface area contributed by atoms with Gasteiger partial charge in [0.25, 0.3) is 0 Å². The lowest BCUT2D eigenvalue weighted by Gasteiger charge is -2.11. The van der Waals surface area contributed by atoms with E-state index in [-0.39, 0.29) is 24.0 Å². The molecule has 0 spiro atoms. The Morgan fingerprint density at radius 3 is 2.64 bits per heavy atom. The van der Waals surface area contributed by atoms with Gasteiger partial charge in [0.15, 0.2) is 5.96 Å². The Morgan fingerprint density at radius 1 is 1.07 bits per heavy atom. The maximum atomic E-state index is 5.78. The second-order valence-corrected chi connectivity index (χ2v) is 5.95. The van der Waals surface area contributed by atoms with Gasteiger partial charge in [-0.05, 0) is 37.5 Å². The normalized spacial score (nSPS) is 10.9. The molecule has 0 unspecified atom stereocenters. The summed E-state index contributed by atoms with van der Waals surface area (Å²) in [6, 6.07) is 14.0. The number of hydrogen-bond donors (Lipinski definition) is 2. The third-order valence-corrected chi connectivity index (χ3v) is 3.75. The van der Waals surface area contributed by atoms with E-state index in [1.807, 2.05) is 49.4 Å². The first-order valence-corrected chi connectivity index (χ1v) is 9.53. The first kappa shape index (κ1) is 24.2. The lowest BCUT2D eigenvalue weighted by Crippen LogP contribution is -2.38. The third kappa shape index (κ3) is 9.89. The molecule has 0 aliphatic rings. The minimum Gasteiger partial charge on any atom is -0.473 e. The summed E-state index contributed by atoms with van der Waals surface area (Å²) in [5, 5.41) is 6.58. The van der Waals surface area contributed by atoms with Gasteiger partial charge in [0.2, 0.25) is 5.88 Å². The molecule has 0 saturated carbocycles. The van der Waals surface area contributed by atoms with E-state index < -0.39 is 0 Å². The zero-order chi connectivity index (χ0) is 19.2. The molecule has 0 saturated heterocycles. The first-order chi connectivity index (χ1) is 13.3. The Hall–Kier alpha value is -1.87. The average molecular weight is 498 g/mol. The molecule has 1 aromatic heterocycles. The smallest absolute Gasteiger partial charge is 0.213 e. The Balaban J connectivity index is 0.00000392. The summed E-state index contributed by atoms with van der Waals surface area (Å²) in [7, 11) is 0. The first-order valence-electron chi connectivity index (χ1n) is 9.53. The molecular formula is C21H31IN4O2. The molecule has 0 fully saturated rings. The van der Waals surface area contributed by atoms with Crippen LogP contribution in [0.15, 0.2) is 53.7 Å². The van der Waals surface area contributed by atoms with Crippen molar-refractivity contribution in [3.05, 3.63) is 59.8 Å². The monoisotopic (exact) mass is 498 g/mol. The summed E-state index contributed by atoms with van der Waals surface area (Å²) in [6.45, 7) is 8.29. The Kier molecular flexibility index (Phi) is 13.0. The van der Waals surface area contributed by atoms with Gasteiger partial charge in [0, 0.05) is 38.6 Å². The van der Waals surface area contributed by atoms with Crippen LogP contribution in [-0.2, 0) is 17.9 Å². The highest BCUT2D eigenvalue weighted by Crippen LogP contribution is 2.12. The van der Waals surface area contributed by atoms with Gasteiger partial charge >= 0.3 is 0 Å². The van der Waals surface area contributed by atoms with Crippen LogP contribution in [-0.4, -0.2) is 37.2 Å². The Morgan fingerprint density at radius 2 is 1.89 bits per heavy atom. The maximum absolute atomic E-state index is 5.78. The fourth-order valence-corrected chi connectivity index (χ4v) is 2.40. The van der Waals surface area contributed by atoms with Crippen molar-refractivity contribution in [2.24, 2.45) is 4.99 Å². The summed E-state index contributed by atoms with van der Waals surface area (Å²) in [5.41, 5.74) is 2.17. The van der Waals surface area contributed by atoms with Crippen LogP contribution in [0.25, 0.3) is 0 Å². The highest BCUT2D eigenvalue weighted by atomic mass is 127. The third-order valence-electron chi connectivity index (χ3n) is 3.75. The molecule has 0 aliphatic carbocycles. The predicted molar refractivity (Wildman–Crippen MR) is 124 cm³/mol. The number of halogens is 1. The molecule has 0 bridgehead atoms. The second kappa shape index (κ2) is 15.1. The highest BCUT2D eigenvalue weighted by molar-refractivity contribution is 14.0. The summed E-state index contributed by atoms with van der Waals surface area (Å²) in [4.78, 5) is 8.91. The van der Waals surface area contributed by atoms with Crippen LogP contribution in [0.2, 0.25) is 0 Å². The Labute approximate surface area is 185 Å². The van der Waals surface area contributed by atoms with Gasteiger partial charge in [-0.3, -0.25) is 0 Å². The number of aliphatic imine (C=N–C) groups is 1. The van der Waals surface area contributed by atoms with Gasteiger partial charge in [0.05, 0.1) is 6.54 Å². The number of nitrogens with zero attached hydrogens (tertiary/aromatic N) is 2. The number of ether oxygens (including phenoxy) is 2. The van der Waals surface area contributed by atoms with Crippen LogP contribution in [0.5, 0.6) is 5.88 Å². The maximum Gasteiger partial charge on any atom is 0.213 e. The Bertz CT molecular complexity index is 683. The molecule has 0 radical (unpaired) electrons. The quantitative estimate of drug-likeness (QED) is 0.214. The van der Waals surface area contributed by atoms with E-state index in [9.17, 15) is 0 Å². The fourth-order valence-electron chi connectivity index (χ4n) is 2.40. The molecule has 28 heavy (non-hydrogen) atoms. The minimum absolute atomic E-state index is 0. The van der Waals surface area contributed by atoms with Crippen LogP contribution in [0.1, 0.15) is 31.4 Å². The van der Waals surface area contributed by atoms with Gasteiger partial charge in [-0.15, -0.1) is 24.0 Å². The SMILES string of the molecule is CCNC(=NCc1ccnc(OCc2ccccc2)c1)NCCCOCC.I. The summed E-state index contributed by atoms with van der Waals surface area (Å²) < 4.78 is 11.1. The summed E-state index contributed by atoms with van der Waals surface area (Å²) >= 11 is 0. The molecule has 0 amide bonds. The fraction of sp³-hybridized carbons (Fsp3) is 0.429. The van der Waals surface area contributed by atoms with Gasteiger partial charge in [0.1, 0.15) is 6.61 Å². The zero-order valence-corrected chi connectivity index (χ0v) is 19.0. The minimum atomic E-state index is 0. The summed E-state index contributed by atoms with van der Waals surface area (Å²) in [5.74, 6) is 1.42. The van der Waals surface area contributed by atoms with Crippen molar-refractivity contribution in [2.45, 2.75) is 33.4 Å². The number of pyridine rings is 1. The van der Waals surface area contributed by atoms with E-state index in [1.54, 1.807) is 6.20 Å². The van der Waals surface area contributed by atoms with Crippen LogP contribution < -0.4 is 15.4 Å². The summed E-state index contributed by atoms with van der Waals surface area (Å²) in [6.07, 6.45) is 2.71. The standard InChI is InChI=1S/C21H30N4O2.HI/c1-3-22-21(24-12-8-14-26-4-2)25-16-19-11-13-23-20(15-19)27-17-18-9-6-5-7-10-18;/h5-7,9-11,13,15H,3-4,8,12,14,16-17H2,1-2H3,(H2,22,24,25);1H. The molecule has 2 aromatic rings. The molecule has 1 aromatic carbocycles. The predicted octanol–water partition coefficient (Wildman–Crippen LogP) is 3.76. The largest absolute Gasteiger partial charge is 0.473 e. The van der Waals surface area contributed by atoms with Crippen molar-refractivity contribution in [1.29, 1.82) is 0 Å². The molecular weight excluding hydrogens is 467 g/mol. The van der Waals surface area contributed by atoms with Crippen molar-refractivity contribution >= 4 is 29.9 Å². The molecule has 0 atom stereocenters. The van der Waals surface area contributed by atoms with Crippen LogP contribution in [0, 0.1) is 0 Å². The highest BCUT2D eigenvalue weighted by Gasteiger charge is 2.01. The van der Waals surface area contributed by atoms with Gasteiger partial charge < -0.3 is 20.1 Å². The van der Waals surface area contributed by atoms with E-state index in [4.69, 9.17) is 9.47 Å². The van der Waals surface area contributed by atoms with E-state index >= 15 is 0 Å². The van der Waals surface area contributed by atoms with Crippen LogP contribution >= 0.6 is 24.0 Å². The van der Waals surface area contributed by atoms with E-state index in [0.29, 0.717) is 19.0 Å². The second-order valence-electron chi connectivity index (χ2n) is 5.95. The van der Waals surface area contributed by atoms with Crippen molar-refractivity contribution in [2.75, 3.05) is 26.3 Å². The molecule has 0 aliphatic heterocycles. The van der Waals surface area contributed by atoms with E-state index in [0.717, 1.165) is 49.8 Å². The van der Waals surface area contributed by atoms with Gasteiger partial charge in [-0.2, -0.15) is 0 Å². The molecule has 154 valence electrons. The molecule has 7 heteroatoms. The molecule has 6 nitrogen and oxygen atoms in total. The van der Waals surface area contributed by atoms with Crippen LogP contribution in [0.4, 0.5) is 0 Å². The topological polar surface area (TPSA) is 67.8 Å². The number of hydrogen-bond acceptors (Lipinski definition) is 4. The number of aromatic nitrogens is 1. The lowest BCUT2D eigenvalue weighted by molar-refractivity contribution is 0.145. The van der Waals surface area contributed by atoms with E-state index in [2.05, 4.69) is 27.5 Å². The lowest BCUT2D eigenvalue weighted by atomic mass is 10.2. The molecule has 2 rings (SSSR count). The van der Waals surface area contributed by atoms with Crippen LogP contribution in [0.3, 0.4) is 0 Å². The number of benzene rings is 1. The van der Waals surface area contributed by atoms with Crippen molar-refractivity contribution in [3.63, 3.8) is 0 Å². The number of rotatable bonds is 11. The molecule has 2 N–H and O–H groups in total.